The van der Waals surface area contributed by atoms with E-state index in [1.54, 1.807) is 7.05 Å². The Morgan fingerprint density at radius 2 is 1.71 bits per heavy atom. The molecule has 0 spiro atoms. The van der Waals surface area contributed by atoms with Crippen molar-refractivity contribution in [3.8, 4) is 0 Å². The van der Waals surface area contributed by atoms with Crippen LogP contribution in [0.1, 0.15) is 56.1 Å². The predicted octanol–water partition coefficient (Wildman–Crippen LogP) is 3.38. The number of nitrogens with one attached hydrogen (secondary N) is 3. The van der Waals surface area contributed by atoms with Crippen LogP contribution in [0.2, 0.25) is 0 Å². The van der Waals surface area contributed by atoms with Crippen LogP contribution in [0.3, 0.4) is 0 Å². The zero-order valence-electron chi connectivity index (χ0n) is 17.0. The molecule has 0 aliphatic heterocycles. The van der Waals surface area contributed by atoms with Crippen molar-refractivity contribution in [2.45, 2.75) is 57.2 Å². The highest BCUT2D eigenvalue weighted by Crippen LogP contribution is 2.26. The minimum absolute atomic E-state index is 0. The Hall–Kier alpha value is -0.870. The standard InChI is InChI=1S/C20H34N4O2S.HI/c1-21-20(23-14-6-9-17-7-4-3-5-8-17)24-15-18-10-12-19(13-11-18)16-27(25,26)22-2;/h10-13,17,22H,3-9,14-16H2,1-2H3,(H2,21,23,24);1H. The van der Waals surface area contributed by atoms with E-state index in [0.29, 0.717) is 6.54 Å². The summed E-state index contributed by atoms with van der Waals surface area (Å²) in [5, 5.41) is 6.69. The van der Waals surface area contributed by atoms with Crippen LogP contribution in [0.25, 0.3) is 0 Å². The molecule has 3 N–H and O–H groups in total. The van der Waals surface area contributed by atoms with E-state index < -0.39 is 10.0 Å². The Morgan fingerprint density at radius 3 is 2.32 bits per heavy atom. The lowest BCUT2D eigenvalue weighted by molar-refractivity contribution is 0.332. The lowest BCUT2D eigenvalue weighted by atomic mass is 9.86. The number of benzene rings is 1. The second-order valence-corrected chi connectivity index (χ2v) is 9.20. The van der Waals surface area contributed by atoms with E-state index in [9.17, 15) is 8.42 Å². The fourth-order valence-corrected chi connectivity index (χ4v) is 4.30. The quantitative estimate of drug-likeness (QED) is 0.201. The average Bonchev–Trinajstić information content (AvgIpc) is 2.69. The van der Waals surface area contributed by atoms with Crippen LogP contribution >= 0.6 is 24.0 Å². The van der Waals surface area contributed by atoms with Gasteiger partial charge in [0.25, 0.3) is 0 Å². The van der Waals surface area contributed by atoms with Crippen LogP contribution in [-0.2, 0) is 22.3 Å². The molecule has 1 fully saturated rings. The van der Waals surface area contributed by atoms with E-state index in [1.807, 2.05) is 24.3 Å². The van der Waals surface area contributed by atoms with Crippen LogP contribution in [0.4, 0.5) is 0 Å². The summed E-state index contributed by atoms with van der Waals surface area (Å²) in [4.78, 5) is 4.27. The number of rotatable bonds is 9. The molecule has 8 heteroatoms. The third-order valence-electron chi connectivity index (χ3n) is 5.18. The molecule has 0 aromatic heterocycles. The van der Waals surface area contributed by atoms with E-state index in [4.69, 9.17) is 0 Å². The van der Waals surface area contributed by atoms with Crippen LogP contribution in [0.5, 0.6) is 0 Å². The molecule has 160 valence electrons. The third-order valence-corrected chi connectivity index (χ3v) is 6.52. The van der Waals surface area contributed by atoms with Gasteiger partial charge >= 0.3 is 0 Å². The largest absolute Gasteiger partial charge is 0.356 e. The smallest absolute Gasteiger partial charge is 0.215 e. The first-order valence-corrected chi connectivity index (χ1v) is 11.6. The van der Waals surface area contributed by atoms with Crippen molar-refractivity contribution in [1.29, 1.82) is 0 Å². The first-order valence-electron chi connectivity index (χ1n) is 9.96. The molecule has 0 amide bonds. The van der Waals surface area contributed by atoms with Gasteiger partial charge < -0.3 is 10.6 Å². The van der Waals surface area contributed by atoms with E-state index in [2.05, 4.69) is 20.3 Å². The lowest BCUT2D eigenvalue weighted by Crippen LogP contribution is -2.37. The second-order valence-electron chi connectivity index (χ2n) is 7.28. The number of nitrogens with zero attached hydrogens (tertiary/aromatic N) is 1. The molecule has 1 saturated carbocycles. The molecular weight excluding hydrogens is 487 g/mol. The fraction of sp³-hybridized carbons (Fsp3) is 0.650. The normalized spacial score (nSPS) is 15.7. The maximum Gasteiger partial charge on any atom is 0.215 e. The molecule has 0 heterocycles. The molecular formula is C20H35IN4O2S. The van der Waals surface area contributed by atoms with Crippen molar-refractivity contribution < 1.29 is 8.42 Å². The molecule has 1 aromatic rings. The SMILES string of the molecule is CN=C(NCCCC1CCCCC1)NCc1ccc(CS(=O)(=O)NC)cc1.I. The minimum Gasteiger partial charge on any atom is -0.356 e. The highest BCUT2D eigenvalue weighted by atomic mass is 127. The zero-order valence-corrected chi connectivity index (χ0v) is 20.2. The van der Waals surface area contributed by atoms with Gasteiger partial charge in [0.05, 0.1) is 5.75 Å². The Bertz CT molecular complexity index is 687. The van der Waals surface area contributed by atoms with E-state index in [0.717, 1.165) is 29.5 Å². The van der Waals surface area contributed by atoms with Crippen LogP contribution < -0.4 is 15.4 Å². The monoisotopic (exact) mass is 522 g/mol. The summed E-state index contributed by atoms with van der Waals surface area (Å²) in [6.45, 7) is 1.60. The molecule has 0 unspecified atom stereocenters. The van der Waals surface area contributed by atoms with E-state index in [1.165, 1.54) is 52.0 Å². The molecule has 1 aromatic carbocycles. The molecule has 0 bridgehead atoms. The van der Waals surface area contributed by atoms with Gasteiger partial charge in [-0.15, -0.1) is 24.0 Å². The van der Waals surface area contributed by atoms with Gasteiger partial charge in [-0.05, 0) is 36.9 Å². The van der Waals surface area contributed by atoms with E-state index in [-0.39, 0.29) is 29.7 Å². The highest BCUT2D eigenvalue weighted by molar-refractivity contribution is 14.0. The average molecular weight is 522 g/mol. The summed E-state index contributed by atoms with van der Waals surface area (Å²) in [6.07, 6.45) is 9.51. The molecule has 0 atom stereocenters. The van der Waals surface area contributed by atoms with Gasteiger partial charge in [0.1, 0.15) is 0 Å². The van der Waals surface area contributed by atoms with Crippen molar-refractivity contribution in [2.75, 3.05) is 20.6 Å². The summed E-state index contributed by atoms with van der Waals surface area (Å²) in [5.41, 5.74) is 1.86. The number of halogens is 1. The molecule has 2 rings (SSSR count). The number of aliphatic imine (C=N–C) groups is 1. The summed E-state index contributed by atoms with van der Waals surface area (Å²) in [5.74, 6) is 1.72. The Balaban J connectivity index is 0.00000392. The molecule has 28 heavy (non-hydrogen) atoms. The fourth-order valence-electron chi connectivity index (χ4n) is 3.52. The molecule has 0 saturated heterocycles. The van der Waals surface area contributed by atoms with Crippen LogP contribution in [0.15, 0.2) is 29.3 Å². The maximum atomic E-state index is 11.6. The first kappa shape index (κ1) is 25.2. The zero-order chi connectivity index (χ0) is 19.5. The van der Waals surface area contributed by atoms with Crippen molar-refractivity contribution >= 4 is 40.0 Å². The Kier molecular flexibility index (Phi) is 12.0. The lowest BCUT2D eigenvalue weighted by Gasteiger charge is -2.21. The first-order chi connectivity index (χ1) is 13.0. The topological polar surface area (TPSA) is 82.6 Å². The number of hydrogen-bond donors (Lipinski definition) is 3. The Morgan fingerprint density at radius 1 is 1.07 bits per heavy atom. The van der Waals surface area contributed by atoms with Gasteiger partial charge in [-0.25, -0.2) is 13.1 Å². The van der Waals surface area contributed by atoms with Crippen LogP contribution in [0, 0.1) is 5.92 Å². The maximum absolute atomic E-state index is 11.6. The number of guanidine groups is 1. The minimum atomic E-state index is -3.23. The molecule has 0 radical (unpaired) electrons. The van der Waals surface area contributed by atoms with Gasteiger partial charge in [0.2, 0.25) is 10.0 Å². The summed E-state index contributed by atoms with van der Waals surface area (Å²) < 4.78 is 25.5. The van der Waals surface area contributed by atoms with Crippen molar-refractivity contribution in [3.05, 3.63) is 35.4 Å². The van der Waals surface area contributed by atoms with Gasteiger partial charge in [0.15, 0.2) is 5.96 Å². The summed E-state index contributed by atoms with van der Waals surface area (Å²) >= 11 is 0. The van der Waals surface area contributed by atoms with Gasteiger partial charge in [0, 0.05) is 20.1 Å². The highest BCUT2D eigenvalue weighted by Gasteiger charge is 2.12. The van der Waals surface area contributed by atoms with Crippen molar-refractivity contribution in [2.24, 2.45) is 10.9 Å². The number of hydrogen-bond acceptors (Lipinski definition) is 3. The summed E-state index contributed by atoms with van der Waals surface area (Å²) in [7, 11) is -0.0191. The van der Waals surface area contributed by atoms with Crippen molar-refractivity contribution in [3.63, 3.8) is 0 Å². The second kappa shape index (κ2) is 13.4. The van der Waals surface area contributed by atoms with Crippen LogP contribution in [-0.4, -0.2) is 35.0 Å². The molecule has 6 nitrogen and oxygen atoms in total. The van der Waals surface area contributed by atoms with Gasteiger partial charge in [-0.3, -0.25) is 4.99 Å². The molecule has 1 aliphatic rings. The molecule has 1 aliphatic carbocycles. The predicted molar refractivity (Wildman–Crippen MR) is 128 cm³/mol. The summed E-state index contributed by atoms with van der Waals surface area (Å²) in [6, 6.07) is 7.60. The Labute approximate surface area is 187 Å². The third kappa shape index (κ3) is 9.56. The van der Waals surface area contributed by atoms with Crippen molar-refractivity contribution in [1.82, 2.24) is 15.4 Å². The van der Waals surface area contributed by atoms with Gasteiger partial charge in [-0.2, -0.15) is 0 Å². The van der Waals surface area contributed by atoms with E-state index >= 15 is 0 Å². The van der Waals surface area contributed by atoms with Gasteiger partial charge in [-0.1, -0.05) is 56.4 Å². The number of sulfonamides is 1.